The van der Waals surface area contributed by atoms with Crippen LogP contribution in [0.5, 0.6) is 0 Å². The topological polar surface area (TPSA) is 29.1 Å². The first-order valence-electron chi connectivity index (χ1n) is 5.55. The van der Waals surface area contributed by atoms with Gasteiger partial charge in [0.1, 0.15) is 0 Å². The Hall–Kier alpha value is -1.31. The number of carbonyl (C=O) groups is 1. The molecule has 1 N–H and O–H groups in total. The van der Waals surface area contributed by atoms with Gasteiger partial charge in [-0.15, -0.1) is 0 Å². The lowest BCUT2D eigenvalue weighted by Gasteiger charge is -2.34. The fourth-order valence-corrected chi connectivity index (χ4v) is 1.61. The molecule has 0 radical (unpaired) electrons. The molecule has 2 rings (SSSR count). The molecule has 1 heterocycles. The first-order valence-corrected chi connectivity index (χ1v) is 5.55. The van der Waals surface area contributed by atoms with Gasteiger partial charge < -0.3 is 5.32 Å². The molecule has 15 heavy (non-hydrogen) atoms. The lowest BCUT2D eigenvalue weighted by Crippen LogP contribution is -2.49. The Morgan fingerprint density at radius 2 is 1.67 bits per heavy atom. The number of rotatable bonds is 1. The quantitative estimate of drug-likeness (QED) is 0.702. The molecule has 0 bridgehead atoms. The summed E-state index contributed by atoms with van der Waals surface area (Å²) >= 11 is 0. The number of amides is 1. The molecule has 1 amide bonds. The van der Waals surface area contributed by atoms with Gasteiger partial charge in [-0.25, -0.2) is 0 Å². The fraction of sp³-hybridized carbons (Fsp3) is 0.462. The van der Waals surface area contributed by atoms with Crippen molar-refractivity contribution in [1.82, 2.24) is 5.32 Å². The van der Waals surface area contributed by atoms with Crippen molar-refractivity contribution in [3.63, 3.8) is 0 Å². The van der Waals surface area contributed by atoms with E-state index < -0.39 is 0 Å². The van der Waals surface area contributed by atoms with Crippen LogP contribution in [0, 0.1) is 12.8 Å². The number of hydrogen-bond donors (Lipinski definition) is 1. The van der Waals surface area contributed by atoms with Gasteiger partial charge in [-0.3, -0.25) is 4.79 Å². The van der Waals surface area contributed by atoms with Crippen LogP contribution in [-0.4, -0.2) is 5.91 Å². The van der Waals surface area contributed by atoms with Crippen LogP contribution in [-0.2, 0) is 4.79 Å². The van der Waals surface area contributed by atoms with E-state index in [-0.39, 0.29) is 17.9 Å². The first kappa shape index (κ1) is 11.8. The average Bonchev–Trinajstić information content (AvgIpc) is 2.30. The number of benzene rings is 1. The van der Waals surface area contributed by atoms with Crippen LogP contribution in [0.3, 0.4) is 0 Å². The van der Waals surface area contributed by atoms with E-state index in [0.717, 1.165) is 0 Å². The van der Waals surface area contributed by atoms with Gasteiger partial charge in [0.05, 0.1) is 12.0 Å². The minimum absolute atomic E-state index is 0.128. The van der Waals surface area contributed by atoms with E-state index in [1.165, 1.54) is 11.1 Å². The second kappa shape index (κ2) is 4.96. The molecule has 1 aliphatic heterocycles. The number of nitrogens with one attached hydrogen (secondary N) is 1. The van der Waals surface area contributed by atoms with Crippen LogP contribution >= 0.6 is 0 Å². The summed E-state index contributed by atoms with van der Waals surface area (Å²) in [4.78, 5) is 11.0. The smallest absolute Gasteiger partial charge is 0.225 e. The van der Waals surface area contributed by atoms with Crippen LogP contribution in [0.15, 0.2) is 24.3 Å². The van der Waals surface area contributed by atoms with E-state index >= 15 is 0 Å². The zero-order valence-electron chi connectivity index (χ0n) is 9.87. The van der Waals surface area contributed by atoms with Crippen molar-refractivity contribution in [2.75, 3.05) is 0 Å². The number of hydrogen-bond acceptors (Lipinski definition) is 1. The van der Waals surface area contributed by atoms with E-state index in [2.05, 4.69) is 36.5 Å². The zero-order chi connectivity index (χ0) is 11.4. The Morgan fingerprint density at radius 3 is 2.07 bits per heavy atom. The van der Waals surface area contributed by atoms with Crippen LogP contribution in [0.1, 0.15) is 37.9 Å². The van der Waals surface area contributed by atoms with Crippen molar-refractivity contribution in [2.45, 2.75) is 33.7 Å². The lowest BCUT2D eigenvalue weighted by molar-refractivity contribution is -0.134. The van der Waals surface area contributed by atoms with Crippen molar-refractivity contribution >= 4 is 5.91 Å². The van der Waals surface area contributed by atoms with Gasteiger partial charge in [0.2, 0.25) is 5.91 Å². The zero-order valence-corrected chi connectivity index (χ0v) is 9.87. The molecular formula is C13H19NO. The molecule has 0 saturated carbocycles. The van der Waals surface area contributed by atoms with Crippen LogP contribution in [0.25, 0.3) is 0 Å². The number of aryl methyl sites for hydroxylation is 1. The van der Waals surface area contributed by atoms with Crippen molar-refractivity contribution in [3.8, 4) is 0 Å². The third-order valence-electron chi connectivity index (χ3n) is 2.65. The van der Waals surface area contributed by atoms with E-state index in [0.29, 0.717) is 0 Å². The van der Waals surface area contributed by atoms with E-state index in [4.69, 9.17) is 0 Å². The van der Waals surface area contributed by atoms with Crippen LogP contribution < -0.4 is 5.32 Å². The molecule has 1 aromatic rings. The molecule has 0 spiro atoms. The number of carbonyl (C=O) groups excluding carboxylic acids is 1. The SMILES string of the molecule is CC.Cc1ccc([C@@H]2NC(=O)[C@H]2C)cc1. The maximum absolute atomic E-state index is 11.0. The fourth-order valence-electron chi connectivity index (χ4n) is 1.61. The van der Waals surface area contributed by atoms with Crippen LogP contribution in [0.2, 0.25) is 0 Å². The largest absolute Gasteiger partial charge is 0.348 e. The van der Waals surface area contributed by atoms with Gasteiger partial charge in [-0.1, -0.05) is 50.6 Å². The Kier molecular flexibility index (Phi) is 3.89. The lowest BCUT2D eigenvalue weighted by atomic mass is 9.86. The van der Waals surface area contributed by atoms with Crippen molar-refractivity contribution in [1.29, 1.82) is 0 Å². The summed E-state index contributed by atoms with van der Waals surface area (Å²) in [6.07, 6.45) is 0. The maximum atomic E-state index is 11.0. The number of β-lactam (4-membered cyclic amide) rings is 1. The summed E-state index contributed by atoms with van der Waals surface area (Å²) < 4.78 is 0. The second-order valence-electron chi connectivity index (χ2n) is 3.69. The summed E-state index contributed by atoms with van der Waals surface area (Å²) in [6, 6.07) is 8.54. The third kappa shape index (κ3) is 2.38. The van der Waals surface area contributed by atoms with Crippen molar-refractivity contribution in [3.05, 3.63) is 35.4 Å². The highest BCUT2D eigenvalue weighted by atomic mass is 16.2. The van der Waals surface area contributed by atoms with Crippen molar-refractivity contribution in [2.24, 2.45) is 5.92 Å². The molecule has 2 nitrogen and oxygen atoms in total. The molecule has 0 aliphatic carbocycles. The van der Waals surface area contributed by atoms with E-state index in [9.17, 15) is 4.79 Å². The summed E-state index contributed by atoms with van der Waals surface area (Å²) in [6.45, 7) is 8.02. The summed E-state index contributed by atoms with van der Waals surface area (Å²) in [7, 11) is 0. The Balaban J connectivity index is 0.000000531. The molecule has 1 aromatic carbocycles. The van der Waals surface area contributed by atoms with Crippen LogP contribution in [0.4, 0.5) is 0 Å². The van der Waals surface area contributed by atoms with Gasteiger partial charge >= 0.3 is 0 Å². The molecule has 0 aromatic heterocycles. The van der Waals surface area contributed by atoms with Gasteiger partial charge in [0.25, 0.3) is 0 Å². The predicted octanol–water partition coefficient (Wildman–Crippen LogP) is 2.83. The second-order valence-corrected chi connectivity index (χ2v) is 3.69. The molecule has 1 aliphatic rings. The third-order valence-corrected chi connectivity index (χ3v) is 2.65. The standard InChI is InChI=1S/C11H13NO.C2H6/c1-7-3-5-9(6-4-7)10-8(2)11(13)12-10;1-2/h3-6,8,10H,1-2H3,(H,12,13);1-2H3/t8-,10+;/m0./s1. The minimum Gasteiger partial charge on any atom is -0.348 e. The Bertz CT molecular complexity index is 329. The minimum atomic E-state index is 0.128. The summed E-state index contributed by atoms with van der Waals surface area (Å²) in [5, 5.41) is 2.89. The highest BCUT2D eigenvalue weighted by Crippen LogP contribution is 2.29. The Labute approximate surface area is 91.7 Å². The molecule has 2 heteroatoms. The molecule has 2 atom stereocenters. The molecule has 1 saturated heterocycles. The first-order chi connectivity index (χ1) is 7.18. The monoisotopic (exact) mass is 205 g/mol. The molecular weight excluding hydrogens is 186 g/mol. The average molecular weight is 205 g/mol. The maximum Gasteiger partial charge on any atom is 0.225 e. The van der Waals surface area contributed by atoms with E-state index in [1.807, 2.05) is 20.8 Å². The highest BCUT2D eigenvalue weighted by Gasteiger charge is 2.35. The van der Waals surface area contributed by atoms with Gasteiger partial charge in [-0.05, 0) is 12.5 Å². The van der Waals surface area contributed by atoms with Gasteiger partial charge in [-0.2, -0.15) is 0 Å². The summed E-state index contributed by atoms with van der Waals surface area (Å²) in [5.74, 6) is 0.285. The highest BCUT2D eigenvalue weighted by molar-refractivity contribution is 5.85. The van der Waals surface area contributed by atoms with E-state index in [1.54, 1.807) is 0 Å². The molecule has 1 fully saturated rings. The predicted molar refractivity (Wildman–Crippen MR) is 62.6 cm³/mol. The van der Waals surface area contributed by atoms with Gasteiger partial charge in [0, 0.05) is 0 Å². The molecule has 82 valence electrons. The van der Waals surface area contributed by atoms with Crippen molar-refractivity contribution < 1.29 is 4.79 Å². The Morgan fingerprint density at radius 1 is 1.13 bits per heavy atom. The summed E-state index contributed by atoms with van der Waals surface area (Å²) in [5.41, 5.74) is 2.46. The van der Waals surface area contributed by atoms with Gasteiger partial charge in [0.15, 0.2) is 0 Å². The molecule has 0 unspecified atom stereocenters. The normalized spacial score (nSPS) is 23.3.